The number of halogens is 1. The van der Waals surface area contributed by atoms with Gasteiger partial charge in [-0.05, 0) is 44.7 Å². The molecule has 0 aliphatic carbocycles. The third-order valence-corrected chi connectivity index (χ3v) is 5.43. The van der Waals surface area contributed by atoms with Crippen LogP contribution in [0, 0.1) is 0 Å². The Morgan fingerprint density at radius 2 is 2.11 bits per heavy atom. The number of aryl methyl sites for hydroxylation is 2. The van der Waals surface area contributed by atoms with Crippen molar-refractivity contribution in [1.82, 2.24) is 25.4 Å². The largest absolute Gasteiger partial charge is 0.357 e. The van der Waals surface area contributed by atoms with Crippen molar-refractivity contribution in [1.29, 1.82) is 0 Å². The lowest BCUT2D eigenvalue weighted by Crippen LogP contribution is -2.38. The van der Waals surface area contributed by atoms with Crippen LogP contribution in [0.1, 0.15) is 62.8 Å². The second-order valence-corrected chi connectivity index (χ2v) is 7.65. The first-order valence-electron chi connectivity index (χ1n) is 10.4. The molecule has 6 nitrogen and oxygen atoms in total. The first-order chi connectivity index (χ1) is 13.7. The molecular formula is C21H31ClN6. The number of nitrogens with zero attached hydrogens (tertiary/aromatic N) is 4. The summed E-state index contributed by atoms with van der Waals surface area (Å²) in [6.45, 7) is 6.79. The molecule has 152 valence electrons. The van der Waals surface area contributed by atoms with Gasteiger partial charge in [-0.2, -0.15) is 0 Å². The molecule has 0 saturated heterocycles. The number of hydrogen-bond donors (Lipinski definition) is 2. The fraction of sp³-hybridized carbons (Fsp3) is 0.571. The molecule has 0 bridgehead atoms. The Morgan fingerprint density at radius 1 is 1.25 bits per heavy atom. The Hall–Kier alpha value is -2.08. The number of aliphatic imine (C=N–C) groups is 1. The van der Waals surface area contributed by atoms with Crippen LogP contribution in [0.15, 0.2) is 29.3 Å². The minimum absolute atomic E-state index is 0.0822. The zero-order valence-corrected chi connectivity index (χ0v) is 17.7. The Morgan fingerprint density at radius 3 is 2.93 bits per heavy atom. The summed E-state index contributed by atoms with van der Waals surface area (Å²) in [5.41, 5.74) is 1.07. The van der Waals surface area contributed by atoms with Crippen molar-refractivity contribution in [3.63, 3.8) is 0 Å². The number of guanidine groups is 1. The highest BCUT2D eigenvalue weighted by atomic mass is 35.5. The van der Waals surface area contributed by atoms with Gasteiger partial charge in [0.15, 0.2) is 5.96 Å². The van der Waals surface area contributed by atoms with Crippen LogP contribution in [0.5, 0.6) is 0 Å². The summed E-state index contributed by atoms with van der Waals surface area (Å²) in [6, 6.07) is 7.99. The number of hydrogen-bond acceptors (Lipinski definition) is 3. The summed E-state index contributed by atoms with van der Waals surface area (Å²) >= 11 is 6.32. The lowest BCUT2D eigenvalue weighted by Gasteiger charge is -2.19. The zero-order valence-electron chi connectivity index (χ0n) is 16.9. The van der Waals surface area contributed by atoms with E-state index in [-0.39, 0.29) is 6.04 Å². The molecule has 28 heavy (non-hydrogen) atoms. The maximum absolute atomic E-state index is 6.32. The highest BCUT2D eigenvalue weighted by molar-refractivity contribution is 6.31. The van der Waals surface area contributed by atoms with Gasteiger partial charge in [0.2, 0.25) is 0 Å². The Kier molecular flexibility index (Phi) is 7.71. The number of benzene rings is 1. The van der Waals surface area contributed by atoms with E-state index < -0.39 is 0 Å². The predicted octanol–water partition coefficient (Wildman–Crippen LogP) is 3.91. The second-order valence-electron chi connectivity index (χ2n) is 7.25. The van der Waals surface area contributed by atoms with Crippen LogP contribution >= 0.6 is 11.6 Å². The average molecular weight is 403 g/mol. The molecule has 2 heterocycles. The van der Waals surface area contributed by atoms with Gasteiger partial charge in [-0.25, -0.2) is 0 Å². The summed E-state index contributed by atoms with van der Waals surface area (Å²) in [5, 5.41) is 16.3. The van der Waals surface area contributed by atoms with E-state index in [0.717, 1.165) is 67.1 Å². The van der Waals surface area contributed by atoms with Crippen LogP contribution in [-0.4, -0.2) is 33.8 Å². The van der Waals surface area contributed by atoms with E-state index in [0.29, 0.717) is 0 Å². The second kappa shape index (κ2) is 10.5. The van der Waals surface area contributed by atoms with Gasteiger partial charge < -0.3 is 15.2 Å². The minimum Gasteiger partial charge on any atom is -0.357 e. The lowest BCUT2D eigenvalue weighted by atomic mass is 10.1. The van der Waals surface area contributed by atoms with E-state index in [9.17, 15) is 0 Å². The van der Waals surface area contributed by atoms with Crippen molar-refractivity contribution in [2.75, 3.05) is 13.1 Å². The molecule has 2 aromatic rings. The molecule has 3 rings (SSSR count). The standard InChI is InChI=1S/C21H31ClN6/c1-3-23-21(25-16(2)17-10-6-7-11-18(17)22)24-14-9-13-20-27-26-19-12-5-4-8-15-28(19)20/h6-7,10-11,16H,3-5,8-9,12-15H2,1-2H3,(H2,23,24,25). The van der Waals surface area contributed by atoms with Crippen LogP contribution in [-0.2, 0) is 19.4 Å². The third-order valence-electron chi connectivity index (χ3n) is 5.08. The summed E-state index contributed by atoms with van der Waals surface area (Å²) in [5.74, 6) is 3.07. The third kappa shape index (κ3) is 5.47. The van der Waals surface area contributed by atoms with Crippen LogP contribution in [0.25, 0.3) is 0 Å². The molecule has 1 aliphatic heterocycles. The SMILES string of the molecule is CCNC(=NCCCc1nnc2n1CCCCC2)NC(C)c1ccccc1Cl. The molecule has 0 radical (unpaired) electrons. The van der Waals surface area contributed by atoms with E-state index >= 15 is 0 Å². The topological polar surface area (TPSA) is 67.1 Å². The Bertz CT molecular complexity index is 785. The smallest absolute Gasteiger partial charge is 0.191 e. The van der Waals surface area contributed by atoms with Gasteiger partial charge in [0, 0.05) is 37.5 Å². The Balaban J connectivity index is 1.55. The van der Waals surface area contributed by atoms with Crippen LogP contribution in [0.4, 0.5) is 0 Å². The van der Waals surface area contributed by atoms with E-state index in [1.54, 1.807) is 0 Å². The fourth-order valence-corrected chi connectivity index (χ4v) is 3.89. The quantitative estimate of drug-likeness (QED) is 0.418. The molecule has 0 saturated carbocycles. The van der Waals surface area contributed by atoms with Crippen molar-refractivity contribution in [2.45, 2.75) is 65.0 Å². The number of nitrogens with one attached hydrogen (secondary N) is 2. The average Bonchev–Trinajstić information content (AvgIpc) is 2.92. The van der Waals surface area contributed by atoms with E-state index in [2.05, 4.69) is 39.2 Å². The van der Waals surface area contributed by atoms with Crippen molar-refractivity contribution < 1.29 is 0 Å². The normalized spacial score (nSPS) is 15.6. The first-order valence-corrected chi connectivity index (χ1v) is 10.8. The van der Waals surface area contributed by atoms with Gasteiger partial charge >= 0.3 is 0 Å². The molecule has 1 unspecified atom stereocenters. The van der Waals surface area contributed by atoms with Crippen LogP contribution < -0.4 is 10.6 Å². The van der Waals surface area contributed by atoms with Crippen molar-refractivity contribution >= 4 is 17.6 Å². The lowest BCUT2D eigenvalue weighted by molar-refractivity contribution is 0.597. The summed E-state index contributed by atoms with van der Waals surface area (Å²) < 4.78 is 2.32. The van der Waals surface area contributed by atoms with Gasteiger partial charge in [0.05, 0.1) is 6.04 Å². The van der Waals surface area contributed by atoms with E-state index in [4.69, 9.17) is 16.6 Å². The van der Waals surface area contributed by atoms with Crippen molar-refractivity contribution in [3.8, 4) is 0 Å². The fourth-order valence-electron chi connectivity index (χ4n) is 3.59. The van der Waals surface area contributed by atoms with Gasteiger partial charge in [-0.1, -0.05) is 36.2 Å². The summed E-state index contributed by atoms with van der Waals surface area (Å²) in [4.78, 5) is 4.73. The monoisotopic (exact) mass is 402 g/mol. The highest BCUT2D eigenvalue weighted by Crippen LogP contribution is 2.22. The first kappa shape index (κ1) is 20.6. The number of fused-ring (bicyclic) bond motifs is 1. The molecule has 1 aromatic heterocycles. The van der Waals surface area contributed by atoms with E-state index in [1.165, 1.54) is 19.3 Å². The van der Waals surface area contributed by atoms with Gasteiger partial charge in [-0.15, -0.1) is 10.2 Å². The Labute approximate surface area is 172 Å². The van der Waals surface area contributed by atoms with Crippen LogP contribution in [0.2, 0.25) is 5.02 Å². The van der Waals surface area contributed by atoms with Crippen LogP contribution in [0.3, 0.4) is 0 Å². The molecule has 7 heteroatoms. The highest BCUT2D eigenvalue weighted by Gasteiger charge is 2.14. The molecule has 2 N–H and O–H groups in total. The number of aromatic nitrogens is 3. The molecule has 1 aliphatic rings. The van der Waals surface area contributed by atoms with E-state index in [1.807, 2.05) is 24.3 Å². The zero-order chi connectivity index (χ0) is 19.8. The van der Waals surface area contributed by atoms with Crippen molar-refractivity contribution in [2.24, 2.45) is 4.99 Å². The molecule has 1 aromatic carbocycles. The molecular weight excluding hydrogens is 372 g/mol. The predicted molar refractivity (Wildman–Crippen MR) is 115 cm³/mol. The maximum Gasteiger partial charge on any atom is 0.191 e. The molecule has 1 atom stereocenters. The van der Waals surface area contributed by atoms with Crippen molar-refractivity contribution in [3.05, 3.63) is 46.5 Å². The molecule has 0 fully saturated rings. The minimum atomic E-state index is 0.0822. The molecule has 0 amide bonds. The maximum atomic E-state index is 6.32. The van der Waals surface area contributed by atoms with Gasteiger partial charge in [0.1, 0.15) is 11.6 Å². The summed E-state index contributed by atoms with van der Waals surface area (Å²) in [6.07, 6.45) is 6.66. The molecule has 0 spiro atoms. The number of rotatable bonds is 7. The van der Waals surface area contributed by atoms with Gasteiger partial charge in [0.25, 0.3) is 0 Å². The summed E-state index contributed by atoms with van der Waals surface area (Å²) in [7, 11) is 0. The van der Waals surface area contributed by atoms with Gasteiger partial charge in [-0.3, -0.25) is 4.99 Å².